The normalized spacial score (nSPS) is 11.4. The highest BCUT2D eigenvalue weighted by Crippen LogP contribution is 2.28. The van der Waals surface area contributed by atoms with E-state index in [9.17, 15) is 9.59 Å². The average Bonchev–Trinajstić information content (AvgIpc) is 2.94. The number of amides is 1. The van der Waals surface area contributed by atoms with Gasteiger partial charge < -0.3 is 9.32 Å². The molecule has 2 aromatic heterocycles. The fourth-order valence-electron chi connectivity index (χ4n) is 3.14. The van der Waals surface area contributed by atoms with Crippen molar-refractivity contribution in [2.75, 3.05) is 11.9 Å². The quantitative estimate of drug-likeness (QED) is 0.673. The number of carbonyl (C=O) groups excluding carboxylic acids is 1. The maximum Gasteiger partial charge on any atom is 0.265 e. The predicted octanol–water partition coefficient (Wildman–Crippen LogP) is 4.19. The van der Waals surface area contributed by atoms with Crippen molar-refractivity contribution in [2.24, 2.45) is 5.92 Å². The van der Waals surface area contributed by atoms with Crippen molar-refractivity contribution in [1.82, 2.24) is 9.55 Å². The van der Waals surface area contributed by atoms with E-state index in [1.807, 2.05) is 26.8 Å². The van der Waals surface area contributed by atoms with Gasteiger partial charge in [0.15, 0.2) is 0 Å². The molecule has 0 saturated carbocycles. The predicted molar refractivity (Wildman–Crippen MR) is 107 cm³/mol. The van der Waals surface area contributed by atoms with Gasteiger partial charge >= 0.3 is 0 Å². The first-order valence-corrected chi connectivity index (χ1v) is 9.11. The summed E-state index contributed by atoms with van der Waals surface area (Å²) in [6, 6.07) is 5.34. The van der Waals surface area contributed by atoms with E-state index in [1.165, 1.54) is 15.8 Å². The van der Waals surface area contributed by atoms with Crippen LogP contribution in [0, 0.1) is 19.8 Å². The number of fused-ring (bicyclic) bond motifs is 1. The third-order valence-corrected chi connectivity index (χ3v) is 4.70. The molecule has 0 aliphatic carbocycles. The van der Waals surface area contributed by atoms with Gasteiger partial charge in [-0.3, -0.25) is 14.2 Å². The molecule has 3 rings (SSSR count). The van der Waals surface area contributed by atoms with Crippen LogP contribution in [-0.4, -0.2) is 22.5 Å². The third-order valence-electron chi connectivity index (χ3n) is 4.47. The number of benzene rings is 1. The molecule has 1 aromatic carbocycles. The second-order valence-electron chi connectivity index (χ2n) is 7.10. The number of aromatic nitrogens is 2. The molecule has 1 amide bonds. The number of halogens is 1. The van der Waals surface area contributed by atoms with E-state index in [4.69, 9.17) is 16.0 Å². The zero-order valence-electron chi connectivity index (χ0n) is 16.0. The largest absolute Gasteiger partial charge is 0.442 e. The third kappa shape index (κ3) is 3.49. The Labute approximate surface area is 162 Å². The Morgan fingerprint density at radius 1 is 1.33 bits per heavy atom. The highest BCUT2D eigenvalue weighted by atomic mass is 35.5. The molecular formula is C20H22ClN3O3. The Morgan fingerprint density at radius 3 is 2.70 bits per heavy atom. The zero-order valence-corrected chi connectivity index (χ0v) is 16.8. The van der Waals surface area contributed by atoms with Gasteiger partial charge in [-0.15, -0.1) is 0 Å². The van der Waals surface area contributed by atoms with Crippen LogP contribution in [0.2, 0.25) is 5.02 Å². The molecule has 7 heteroatoms. The van der Waals surface area contributed by atoms with Gasteiger partial charge in [-0.1, -0.05) is 31.5 Å². The highest BCUT2D eigenvalue weighted by Gasteiger charge is 2.26. The fraction of sp³-hybridized carbons (Fsp3) is 0.350. The Hall–Kier alpha value is -2.60. The summed E-state index contributed by atoms with van der Waals surface area (Å²) in [5.74, 6) is 0.303. The van der Waals surface area contributed by atoms with Crippen LogP contribution in [0.15, 0.2) is 33.7 Å². The molecule has 0 saturated heterocycles. The molecule has 0 radical (unpaired) electrons. The molecule has 0 fully saturated rings. The molecule has 0 atom stereocenters. The van der Waals surface area contributed by atoms with Crippen LogP contribution in [-0.2, 0) is 6.54 Å². The van der Waals surface area contributed by atoms with Crippen molar-refractivity contribution in [3.8, 4) is 0 Å². The Morgan fingerprint density at radius 2 is 2.04 bits per heavy atom. The smallest absolute Gasteiger partial charge is 0.265 e. The minimum Gasteiger partial charge on any atom is -0.442 e. The van der Waals surface area contributed by atoms with E-state index >= 15 is 0 Å². The molecule has 0 unspecified atom stereocenters. The SMILES string of the molecule is Cc1ccc(Cl)cc1N(C)C(=O)c1c(C)oc2ncn(CC(C)C)c(=O)c12. The molecule has 0 spiro atoms. The first-order valence-electron chi connectivity index (χ1n) is 8.73. The summed E-state index contributed by atoms with van der Waals surface area (Å²) in [5.41, 5.74) is 1.72. The first kappa shape index (κ1) is 19.2. The van der Waals surface area contributed by atoms with Crippen molar-refractivity contribution in [3.63, 3.8) is 0 Å². The van der Waals surface area contributed by atoms with E-state index in [1.54, 1.807) is 26.1 Å². The lowest BCUT2D eigenvalue weighted by atomic mass is 10.1. The molecule has 3 aromatic rings. The summed E-state index contributed by atoms with van der Waals surface area (Å²) in [6.07, 6.45) is 1.46. The monoisotopic (exact) mass is 387 g/mol. The standard InChI is InChI=1S/C20H22ClN3O3/c1-11(2)9-24-10-22-18-17(20(24)26)16(13(4)27-18)19(25)23(5)15-8-14(21)7-6-12(15)3/h6-8,10-11H,9H2,1-5H3. The minimum absolute atomic E-state index is 0.178. The summed E-state index contributed by atoms with van der Waals surface area (Å²) in [6.45, 7) is 8.10. The topological polar surface area (TPSA) is 68.3 Å². The van der Waals surface area contributed by atoms with Gasteiger partial charge in [0.1, 0.15) is 17.5 Å². The van der Waals surface area contributed by atoms with Gasteiger partial charge in [0.2, 0.25) is 5.71 Å². The maximum absolute atomic E-state index is 13.2. The van der Waals surface area contributed by atoms with E-state index < -0.39 is 0 Å². The van der Waals surface area contributed by atoms with E-state index in [2.05, 4.69) is 4.98 Å². The number of carbonyl (C=O) groups is 1. The second-order valence-corrected chi connectivity index (χ2v) is 7.54. The molecule has 0 aliphatic rings. The minimum atomic E-state index is -0.335. The Bertz CT molecular complexity index is 1080. The van der Waals surface area contributed by atoms with Crippen molar-refractivity contribution in [1.29, 1.82) is 0 Å². The molecule has 6 nitrogen and oxygen atoms in total. The summed E-state index contributed by atoms with van der Waals surface area (Å²) >= 11 is 6.09. The molecular weight excluding hydrogens is 366 g/mol. The van der Waals surface area contributed by atoms with Crippen LogP contribution in [0.25, 0.3) is 11.1 Å². The highest BCUT2D eigenvalue weighted by molar-refractivity contribution is 6.31. The molecule has 0 bridgehead atoms. The van der Waals surface area contributed by atoms with Crippen molar-refractivity contribution in [3.05, 3.63) is 56.8 Å². The van der Waals surface area contributed by atoms with Crippen molar-refractivity contribution in [2.45, 2.75) is 34.2 Å². The maximum atomic E-state index is 13.2. The Balaban J connectivity index is 2.15. The van der Waals surface area contributed by atoms with Gasteiger partial charge in [0, 0.05) is 24.3 Å². The number of nitrogens with zero attached hydrogens (tertiary/aromatic N) is 3. The van der Waals surface area contributed by atoms with Crippen LogP contribution in [0.4, 0.5) is 5.69 Å². The van der Waals surface area contributed by atoms with Crippen LogP contribution >= 0.6 is 11.6 Å². The van der Waals surface area contributed by atoms with Gasteiger partial charge in [-0.2, -0.15) is 0 Å². The van der Waals surface area contributed by atoms with Crippen LogP contribution in [0.5, 0.6) is 0 Å². The number of rotatable bonds is 4. The number of hydrogen-bond donors (Lipinski definition) is 0. The lowest BCUT2D eigenvalue weighted by Gasteiger charge is -2.19. The number of hydrogen-bond acceptors (Lipinski definition) is 4. The lowest BCUT2D eigenvalue weighted by Crippen LogP contribution is -2.29. The zero-order chi connectivity index (χ0) is 19.9. The molecule has 27 heavy (non-hydrogen) atoms. The van der Waals surface area contributed by atoms with Gasteiger partial charge in [-0.25, -0.2) is 4.98 Å². The van der Waals surface area contributed by atoms with E-state index in [0.717, 1.165) is 5.56 Å². The van der Waals surface area contributed by atoms with Gasteiger partial charge in [0.25, 0.3) is 11.5 Å². The molecule has 0 aliphatic heterocycles. The molecule has 0 N–H and O–H groups in total. The van der Waals surface area contributed by atoms with Gasteiger partial charge in [-0.05, 0) is 37.5 Å². The number of aryl methyl sites for hydroxylation is 2. The number of furan rings is 1. The van der Waals surface area contributed by atoms with Gasteiger partial charge in [0.05, 0.1) is 5.56 Å². The first-order chi connectivity index (χ1) is 12.7. The molecule has 2 heterocycles. The average molecular weight is 388 g/mol. The number of anilines is 1. The lowest BCUT2D eigenvalue weighted by molar-refractivity contribution is 0.0992. The van der Waals surface area contributed by atoms with Crippen LogP contribution in [0.3, 0.4) is 0 Å². The summed E-state index contributed by atoms with van der Waals surface area (Å²) in [5, 5.41) is 0.747. The van der Waals surface area contributed by atoms with Crippen molar-refractivity contribution < 1.29 is 9.21 Å². The van der Waals surface area contributed by atoms with E-state index in [-0.39, 0.29) is 34.0 Å². The second kappa shape index (κ2) is 7.19. The summed E-state index contributed by atoms with van der Waals surface area (Å²) in [7, 11) is 1.66. The summed E-state index contributed by atoms with van der Waals surface area (Å²) < 4.78 is 7.12. The fourth-order valence-corrected chi connectivity index (χ4v) is 3.31. The van der Waals surface area contributed by atoms with E-state index in [0.29, 0.717) is 23.0 Å². The van der Waals surface area contributed by atoms with Crippen LogP contribution in [0.1, 0.15) is 35.5 Å². The summed E-state index contributed by atoms with van der Waals surface area (Å²) in [4.78, 5) is 31.9. The Kier molecular flexibility index (Phi) is 5.11. The molecule has 142 valence electrons. The van der Waals surface area contributed by atoms with Crippen molar-refractivity contribution >= 4 is 34.3 Å². The van der Waals surface area contributed by atoms with Crippen LogP contribution < -0.4 is 10.5 Å².